The number of nitrogens with one attached hydrogen (secondary N) is 1. The SMILES string of the molecule is CCCC/C=C\CCCCCCCC(=O)OCCCCCCCCCCCCCC(=O)NC(CO)C(O)/C=C/CCCCCCCCCCCCCCCCCCCCCC. The summed E-state index contributed by atoms with van der Waals surface area (Å²) in [4.78, 5) is 24.4. The second kappa shape index (κ2) is 51.0. The highest BCUT2D eigenvalue weighted by Crippen LogP contribution is 2.16. The standard InChI is InChI=1S/C55H105NO5/c1-3-5-7-9-11-13-15-16-17-18-19-20-21-22-23-24-25-28-31-35-39-43-47-53(58)52(51-57)56-54(59)48-44-40-36-32-29-26-30-34-38-42-46-50-61-55(60)49-45-41-37-33-27-14-12-10-8-6-4-2/h10,12,43,47,52-53,57-58H,3-9,11,13-42,44-46,48-51H2,1-2H3,(H,56,59)/b12-10-,47-43+. The fourth-order valence-electron chi connectivity index (χ4n) is 8.26. The number of carbonyl (C=O) groups excluding carboxylic acids is 2. The minimum absolute atomic E-state index is 0.0262. The van der Waals surface area contributed by atoms with E-state index in [9.17, 15) is 19.8 Å². The molecule has 0 rings (SSSR count). The molecular formula is C55H105NO5. The average Bonchev–Trinajstić information content (AvgIpc) is 3.26. The Hall–Kier alpha value is -1.66. The van der Waals surface area contributed by atoms with E-state index in [0.717, 1.165) is 57.8 Å². The van der Waals surface area contributed by atoms with E-state index in [1.54, 1.807) is 6.08 Å². The van der Waals surface area contributed by atoms with Gasteiger partial charge in [0.1, 0.15) is 0 Å². The van der Waals surface area contributed by atoms with Crippen molar-refractivity contribution in [2.24, 2.45) is 0 Å². The summed E-state index contributed by atoms with van der Waals surface area (Å²) in [6.45, 7) is 4.83. The molecule has 2 atom stereocenters. The van der Waals surface area contributed by atoms with Crippen LogP contribution in [0.5, 0.6) is 0 Å². The van der Waals surface area contributed by atoms with E-state index in [0.29, 0.717) is 19.4 Å². The number of ether oxygens (including phenoxy) is 1. The second-order valence-corrected chi connectivity index (χ2v) is 18.6. The smallest absolute Gasteiger partial charge is 0.305 e. The number of amides is 1. The Morgan fingerprint density at radius 3 is 1.21 bits per heavy atom. The first kappa shape index (κ1) is 59.3. The molecule has 0 aliphatic rings. The summed E-state index contributed by atoms with van der Waals surface area (Å²) in [6.07, 6.45) is 60.4. The highest BCUT2D eigenvalue weighted by atomic mass is 16.5. The second-order valence-electron chi connectivity index (χ2n) is 18.6. The molecule has 2 unspecified atom stereocenters. The Bertz CT molecular complexity index is 951. The highest BCUT2D eigenvalue weighted by molar-refractivity contribution is 5.76. The van der Waals surface area contributed by atoms with Crippen LogP contribution in [0.2, 0.25) is 0 Å². The lowest BCUT2D eigenvalue weighted by Crippen LogP contribution is -2.45. The zero-order valence-corrected chi connectivity index (χ0v) is 40.9. The molecule has 0 aromatic carbocycles. The number of unbranched alkanes of at least 4 members (excludes halogenated alkanes) is 37. The maximum absolute atomic E-state index is 12.5. The lowest BCUT2D eigenvalue weighted by atomic mass is 10.0. The van der Waals surface area contributed by atoms with Crippen molar-refractivity contribution in [3.63, 3.8) is 0 Å². The van der Waals surface area contributed by atoms with Crippen molar-refractivity contribution in [1.29, 1.82) is 0 Å². The number of aliphatic hydroxyl groups is 2. The molecule has 0 bridgehead atoms. The van der Waals surface area contributed by atoms with Crippen LogP contribution in [0, 0.1) is 0 Å². The molecule has 0 aliphatic heterocycles. The van der Waals surface area contributed by atoms with Crippen molar-refractivity contribution in [2.75, 3.05) is 13.2 Å². The first-order chi connectivity index (χ1) is 30.0. The normalized spacial score (nSPS) is 12.8. The third kappa shape index (κ3) is 47.7. The summed E-state index contributed by atoms with van der Waals surface area (Å²) in [5.74, 6) is -0.111. The number of carbonyl (C=O) groups is 2. The molecule has 0 radical (unpaired) electrons. The minimum atomic E-state index is -0.857. The lowest BCUT2D eigenvalue weighted by Gasteiger charge is -2.20. The van der Waals surface area contributed by atoms with E-state index in [1.165, 1.54) is 205 Å². The molecule has 61 heavy (non-hydrogen) atoms. The van der Waals surface area contributed by atoms with Crippen molar-refractivity contribution < 1.29 is 24.5 Å². The first-order valence-electron chi connectivity index (χ1n) is 27.1. The van der Waals surface area contributed by atoms with Crippen LogP contribution in [0.3, 0.4) is 0 Å². The molecule has 360 valence electrons. The van der Waals surface area contributed by atoms with Gasteiger partial charge in [0.15, 0.2) is 0 Å². The fourth-order valence-corrected chi connectivity index (χ4v) is 8.26. The molecular weight excluding hydrogens is 755 g/mol. The van der Waals surface area contributed by atoms with Gasteiger partial charge >= 0.3 is 5.97 Å². The predicted octanol–water partition coefficient (Wildman–Crippen LogP) is 16.3. The first-order valence-corrected chi connectivity index (χ1v) is 27.1. The maximum atomic E-state index is 12.5. The summed E-state index contributed by atoms with van der Waals surface area (Å²) < 4.78 is 5.43. The summed E-state index contributed by atoms with van der Waals surface area (Å²) in [5, 5.41) is 23.1. The summed E-state index contributed by atoms with van der Waals surface area (Å²) >= 11 is 0. The Morgan fingerprint density at radius 1 is 0.443 bits per heavy atom. The Kier molecular flexibility index (Phi) is 49.6. The van der Waals surface area contributed by atoms with Crippen LogP contribution in [0.25, 0.3) is 0 Å². The average molecular weight is 860 g/mol. The lowest BCUT2D eigenvalue weighted by molar-refractivity contribution is -0.143. The molecule has 3 N–H and O–H groups in total. The van der Waals surface area contributed by atoms with Crippen LogP contribution in [-0.2, 0) is 14.3 Å². The van der Waals surface area contributed by atoms with Gasteiger partial charge in [0.2, 0.25) is 5.91 Å². The molecule has 0 heterocycles. The van der Waals surface area contributed by atoms with Gasteiger partial charge in [-0.05, 0) is 51.4 Å². The van der Waals surface area contributed by atoms with Crippen LogP contribution >= 0.6 is 0 Å². The van der Waals surface area contributed by atoms with Gasteiger partial charge < -0.3 is 20.3 Å². The molecule has 0 saturated heterocycles. The minimum Gasteiger partial charge on any atom is -0.466 e. The highest BCUT2D eigenvalue weighted by Gasteiger charge is 2.18. The van der Waals surface area contributed by atoms with Gasteiger partial charge in [-0.1, -0.05) is 250 Å². The summed E-state index contributed by atoms with van der Waals surface area (Å²) in [5.41, 5.74) is 0. The third-order valence-corrected chi connectivity index (χ3v) is 12.5. The van der Waals surface area contributed by atoms with Crippen molar-refractivity contribution in [3.05, 3.63) is 24.3 Å². The topological polar surface area (TPSA) is 95.9 Å². The van der Waals surface area contributed by atoms with Crippen LogP contribution in [0.1, 0.15) is 290 Å². The molecule has 0 saturated carbocycles. The molecule has 0 aromatic rings. The molecule has 0 fully saturated rings. The van der Waals surface area contributed by atoms with Gasteiger partial charge in [-0.2, -0.15) is 0 Å². The van der Waals surface area contributed by atoms with Crippen LogP contribution in [0.4, 0.5) is 0 Å². The molecule has 0 spiro atoms. The van der Waals surface area contributed by atoms with E-state index >= 15 is 0 Å². The number of esters is 1. The molecule has 1 amide bonds. The molecule has 6 heteroatoms. The van der Waals surface area contributed by atoms with Crippen LogP contribution in [-0.4, -0.2) is 47.4 Å². The van der Waals surface area contributed by atoms with Gasteiger partial charge in [0, 0.05) is 12.8 Å². The number of rotatable bonds is 50. The van der Waals surface area contributed by atoms with Crippen molar-refractivity contribution in [2.45, 2.75) is 302 Å². The van der Waals surface area contributed by atoms with Crippen molar-refractivity contribution >= 4 is 11.9 Å². The van der Waals surface area contributed by atoms with E-state index in [2.05, 4.69) is 31.3 Å². The fraction of sp³-hybridized carbons (Fsp3) is 0.891. The van der Waals surface area contributed by atoms with E-state index in [1.807, 2.05) is 6.08 Å². The Morgan fingerprint density at radius 2 is 0.787 bits per heavy atom. The summed E-state index contributed by atoms with van der Waals surface area (Å²) in [7, 11) is 0. The number of hydrogen-bond acceptors (Lipinski definition) is 5. The maximum Gasteiger partial charge on any atom is 0.305 e. The predicted molar refractivity (Wildman–Crippen MR) is 264 cm³/mol. The van der Waals surface area contributed by atoms with Crippen LogP contribution in [0.15, 0.2) is 24.3 Å². The quantitative estimate of drug-likeness (QED) is 0.0322. The third-order valence-electron chi connectivity index (χ3n) is 12.5. The van der Waals surface area contributed by atoms with Gasteiger partial charge in [0.25, 0.3) is 0 Å². The van der Waals surface area contributed by atoms with Gasteiger partial charge in [0.05, 0.1) is 25.4 Å². The monoisotopic (exact) mass is 860 g/mol. The number of hydrogen-bond donors (Lipinski definition) is 3. The molecule has 6 nitrogen and oxygen atoms in total. The van der Waals surface area contributed by atoms with Gasteiger partial charge in [-0.15, -0.1) is 0 Å². The largest absolute Gasteiger partial charge is 0.466 e. The van der Waals surface area contributed by atoms with E-state index in [-0.39, 0.29) is 18.5 Å². The van der Waals surface area contributed by atoms with Gasteiger partial charge in [-0.3, -0.25) is 9.59 Å². The van der Waals surface area contributed by atoms with Crippen molar-refractivity contribution in [1.82, 2.24) is 5.32 Å². The van der Waals surface area contributed by atoms with Crippen molar-refractivity contribution in [3.8, 4) is 0 Å². The Labute approximate surface area is 380 Å². The molecule has 0 aromatic heterocycles. The zero-order valence-electron chi connectivity index (χ0n) is 40.9. The molecule has 0 aliphatic carbocycles. The van der Waals surface area contributed by atoms with Crippen LogP contribution < -0.4 is 5.32 Å². The number of aliphatic hydroxyl groups excluding tert-OH is 2. The number of allylic oxidation sites excluding steroid dienone is 3. The Balaban J connectivity index is 3.51. The summed E-state index contributed by atoms with van der Waals surface area (Å²) in [6, 6.07) is -0.642. The van der Waals surface area contributed by atoms with E-state index < -0.39 is 12.1 Å². The zero-order chi connectivity index (χ0) is 44.4. The van der Waals surface area contributed by atoms with E-state index in [4.69, 9.17) is 4.74 Å². The van der Waals surface area contributed by atoms with Gasteiger partial charge in [-0.25, -0.2) is 0 Å².